The molecule has 0 aliphatic carbocycles. The van der Waals surface area contributed by atoms with Crippen LogP contribution >= 0.6 is 0 Å². The molecule has 0 spiro atoms. The molecule has 3 heteroatoms. The summed E-state index contributed by atoms with van der Waals surface area (Å²) >= 11 is 0. The maximum atomic E-state index is 9.00. The monoisotopic (exact) mass is 147 g/mol. The predicted molar refractivity (Wildman–Crippen MR) is 40.4 cm³/mol. The van der Waals surface area contributed by atoms with Gasteiger partial charge in [0.15, 0.2) is 0 Å². The van der Waals surface area contributed by atoms with Crippen LogP contribution in [0.1, 0.15) is 32.6 Å². The van der Waals surface area contributed by atoms with Crippen molar-refractivity contribution in [1.82, 2.24) is 5.32 Å². The zero-order valence-corrected chi connectivity index (χ0v) is 6.51. The lowest BCUT2D eigenvalue weighted by Crippen LogP contribution is -2.29. The van der Waals surface area contributed by atoms with E-state index in [9.17, 15) is 0 Å². The van der Waals surface area contributed by atoms with Crippen molar-refractivity contribution in [3.63, 3.8) is 0 Å². The molecule has 0 fully saturated rings. The number of hydrogen-bond donors (Lipinski definition) is 3. The Labute approximate surface area is 62.1 Å². The average molecular weight is 147 g/mol. The van der Waals surface area contributed by atoms with Crippen LogP contribution in [-0.4, -0.2) is 23.2 Å². The van der Waals surface area contributed by atoms with Crippen LogP contribution in [0.4, 0.5) is 0 Å². The van der Waals surface area contributed by atoms with Crippen LogP contribution in [0.5, 0.6) is 0 Å². The summed E-state index contributed by atoms with van der Waals surface area (Å²) in [6.45, 7) is 1.97. The van der Waals surface area contributed by atoms with Crippen molar-refractivity contribution < 1.29 is 10.2 Å². The lowest BCUT2D eigenvalue weighted by atomic mass is 10.2. The van der Waals surface area contributed by atoms with Crippen molar-refractivity contribution >= 4 is 0 Å². The lowest BCUT2D eigenvalue weighted by molar-refractivity contribution is 0.0883. The summed E-state index contributed by atoms with van der Waals surface area (Å²) in [7, 11) is 0. The zero-order chi connectivity index (χ0) is 7.82. The van der Waals surface area contributed by atoms with Gasteiger partial charge in [0.25, 0.3) is 0 Å². The van der Waals surface area contributed by atoms with Gasteiger partial charge in [0, 0.05) is 0 Å². The third kappa shape index (κ3) is 6.01. The molecule has 0 heterocycles. The lowest BCUT2D eigenvalue weighted by Gasteiger charge is -2.08. The molecule has 1 unspecified atom stereocenters. The Balaban J connectivity index is 2.97. The Morgan fingerprint density at radius 2 is 2.10 bits per heavy atom. The second kappa shape index (κ2) is 6.99. The van der Waals surface area contributed by atoms with Crippen LogP contribution in [0.15, 0.2) is 0 Å². The highest BCUT2D eigenvalue weighted by Gasteiger charge is 1.99. The molecule has 1 atom stereocenters. The van der Waals surface area contributed by atoms with Crippen LogP contribution in [0.25, 0.3) is 0 Å². The second-order valence-corrected chi connectivity index (χ2v) is 2.37. The summed E-state index contributed by atoms with van der Waals surface area (Å²) < 4.78 is 0. The van der Waals surface area contributed by atoms with Gasteiger partial charge >= 0.3 is 0 Å². The molecular weight excluding hydrogens is 130 g/mol. The van der Waals surface area contributed by atoms with E-state index in [0.717, 1.165) is 25.7 Å². The summed E-state index contributed by atoms with van der Waals surface area (Å²) in [6, 6.07) is 0. The molecule has 0 rings (SSSR count). The van der Waals surface area contributed by atoms with Crippen LogP contribution in [0.2, 0.25) is 0 Å². The van der Waals surface area contributed by atoms with E-state index in [0.29, 0.717) is 0 Å². The molecule has 0 radical (unpaired) electrons. The van der Waals surface area contributed by atoms with Crippen molar-refractivity contribution in [2.75, 3.05) is 6.73 Å². The maximum absolute atomic E-state index is 9.00. The van der Waals surface area contributed by atoms with Crippen LogP contribution in [0.3, 0.4) is 0 Å². The molecule has 0 amide bonds. The molecule has 0 saturated carbocycles. The SMILES string of the molecule is CCCCCC(O)NCO. The largest absolute Gasteiger partial charge is 0.381 e. The minimum absolute atomic E-state index is 0.146. The van der Waals surface area contributed by atoms with Crippen LogP contribution in [-0.2, 0) is 0 Å². The second-order valence-electron chi connectivity index (χ2n) is 2.37. The van der Waals surface area contributed by atoms with E-state index in [4.69, 9.17) is 10.2 Å². The third-order valence-electron chi connectivity index (χ3n) is 1.41. The van der Waals surface area contributed by atoms with E-state index in [1.807, 2.05) is 0 Å². The summed E-state index contributed by atoms with van der Waals surface area (Å²) in [4.78, 5) is 0. The highest BCUT2D eigenvalue weighted by molar-refractivity contribution is 4.49. The molecule has 0 aromatic carbocycles. The Morgan fingerprint density at radius 3 is 2.60 bits per heavy atom. The van der Waals surface area contributed by atoms with Gasteiger partial charge in [0.1, 0.15) is 6.23 Å². The van der Waals surface area contributed by atoms with Crippen molar-refractivity contribution in [3.05, 3.63) is 0 Å². The van der Waals surface area contributed by atoms with Gasteiger partial charge in [-0.1, -0.05) is 19.8 Å². The number of aliphatic hydroxyl groups is 2. The smallest absolute Gasteiger partial charge is 0.106 e. The average Bonchev–Trinajstić information content (AvgIpc) is 1.89. The van der Waals surface area contributed by atoms with Gasteiger partial charge in [-0.3, -0.25) is 5.32 Å². The molecule has 10 heavy (non-hydrogen) atoms. The molecule has 0 aliphatic heterocycles. The molecule has 0 aromatic heterocycles. The van der Waals surface area contributed by atoms with E-state index in [1.165, 1.54) is 0 Å². The zero-order valence-electron chi connectivity index (χ0n) is 6.51. The maximum Gasteiger partial charge on any atom is 0.106 e. The molecular formula is C7H17NO2. The van der Waals surface area contributed by atoms with Gasteiger partial charge in [-0.15, -0.1) is 0 Å². The Morgan fingerprint density at radius 1 is 1.40 bits per heavy atom. The summed E-state index contributed by atoms with van der Waals surface area (Å²) in [5.74, 6) is 0. The third-order valence-corrected chi connectivity index (χ3v) is 1.41. The Bertz CT molecular complexity index is 68.6. The van der Waals surface area contributed by atoms with Crippen molar-refractivity contribution in [1.29, 1.82) is 0 Å². The fourth-order valence-corrected chi connectivity index (χ4v) is 0.795. The highest BCUT2D eigenvalue weighted by atomic mass is 16.3. The van der Waals surface area contributed by atoms with Crippen molar-refractivity contribution in [3.8, 4) is 0 Å². The van der Waals surface area contributed by atoms with Crippen LogP contribution in [0, 0.1) is 0 Å². The first-order valence-corrected chi connectivity index (χ1v) is 3.83. The first kappa shape index (κ1) is 9.88. The predicted octanol–water partition coefficient (Wildman–Crippen LogP) is 0.425. The molecule has 3 N–H and O–H groups in total. The van der Waals surface area contributed by atoms with Gasteiger partial charge in [-0.25, -0.2) is 0 Å². The fourth-order valence-electron chi connectivity index (χ4n) is 0.795. The van der Waals surface area contributed by atoms with Gasteiger partial charge in [0.05, 0.1) is 6.73 Å². The van der Waals surface area contributed by atoms with E-state index in [1.54, 1.807) is 0 Å². The van der Waals surface area contributed by atoms with Crippen molar-refractivity contribution in [2.24, 2.45) is 0 Å². The number of nitrogens with one attached hydrogen (secondary N) is 1. The first-order valence-electron chi connectivity index (χ1n) is 3.83. The molecule has 0 aliphatic rings. The fraction of sp³-hybridized carbons (Fsp3) is 1.00. The summed E-state index contributed by atoms with van der Waals surface area (Å²) in [5.41, 5.74) is 0. The first-order chi connectivity index (χ1) is 4.81. The number of hydrogen-bond acceptors (Lipinski definition) is 3. The minimum atomic E-state index is -0.531. The van der Waals surface area contributed by atoms with Gasteiger partial charge in [-0.2, -0.15) is 0 Å². The van der Waals surface area contributed by atoms with Gasteiger partial charge in [0.2, 0.25) is 0 Å². The molecule has 0 bridgehead atoms. The van der Waals surface area contributed by atoms with Crippen LogP contribution < -0.4 is 5.32 Å². The topological polar surface area (TPSA) is 52.5 Å². The Hall–Kier alpha value is -0.120. The van der Waals surface area contributed by atoms with Gasteiger partial charge in [-0.05, 0) is 12.8 Å². The van der Waals surface area contributed by atoms with E-state index < -0.39 is 6.23 Å². The number of aliphatic hydroxyl groups excluding tert-OH is 2. The molecule has 3 nitrogen and oxygen atoms in total. The normalized spacial score (nSPS) is 13.5. The molecule has 0 saturated heterocycles. The van der Waals surface area contributed by atoms with Gasteiger partial charge < -0.3 is 10.2 Å². The number of unbranched alkanes of at least 4 members (excludes halogenated alkanes) is 2. The summed E-state index contributed by atoms with van der Waals surface area (Å²) in [5, 5.41) is 19.8. The standard InChI is InChI=1S/C7H17NO2/c1-2-3-4-5-7(10)8-6-9/h7-10H,2-6H2,1H3. The van der Waals surface area contributed by atoms with E-state index in [2.05, 4.69) is 12.2 Å². The molecule has 0 aromatic rings. The van der Waals surface area contributed by atoms with Crippen molar-refractivity contribution in [2.45, 2.75) is 38.8 Å². The number of rotatable bonds is 6. The summed E-state index contributed by atoms with van der Waals surface area (Å²) in [6.07, 6.45) is 3.52. The quantitative estimate of drug-likeness (QED) is 0.377. The minimum Gasteiger partial charge on any atom is -0.381 e. The molecule has 62 valence electrons. The van der Waals surface area contributed by atoms with E-state index in [-0.39, 0.29) is 6.73 Å². The highest BCUT2D eigenvalue weighted by Crippen LogP contribution is 2.00. The van der Waals surface area contributed by atoms with E-state index >= 15 is 0 Å². The Kier molecular flexibility index (Phi) is 6.91.